The Balaban J connectivity index is 1.61. The second-order valence-corrected chi connectivity index (χ2v) is 8.33. The lowest BCUT2D eigenvalue weighted by atomic mass is 9.82. The Bertz CT molecular complexity index is 1360. The van der Waals surface area contributed by atoms with Gasteiger partial charge in [-0.3, -0.25) is 5.10 Å². The molecule has 0 saturated carbocycles. The fraction of sp³-hybridized carbons (Fsp3) is 0.269. The number of aromatic amines is 1. The van der Waals surface area contributed by atoms with Crippen molar-refractivity contribution in [2.24, 2.45) is 5.73 Å². The van der Waals surface area contributed by atoms with Crippen molar-refractivity contribution in [1.82, 2.24) is 15.1 Å². The zero-order chi connectivity index (χ0) is 25.9. The molecule has 2 aliphatic heterocycles. The van der Waals surface area contributed by atoms with Crippen LogP contribution in [0.3, 0.4) is 0 Å². The topological polar surface area (TPSA) is 145 Å². The highest BCUT2D eigenvalue weighted by Gasteiger charge is 2.37. The fourth-order valence-electron chi connectivity index (χ4n) is 4.47. The number of ether oxygens (including phenoxy) is 5. The summed E-state index contributed by atoms with van der Waals surface area (Å²) in [6.45, 7) is 1.72. The standard InChI is InChI=1S/C26H25N5O6/c1-33-18-12-16(13-19(34-2)23(18)36-26(32)31-8-10-35-11-9-31)20-17(14-27)24(28)37-25-21(20)22(29-30-25)15-6-4-3-5-7-15/h3-7,12-13,20H,8-11,28H2,1-2H3,(H,29,30)/t20-/m1/s1. The Morgan fingerprint density at radius 2 is 1.84 bits per heavy atom. The van der Waals surface area contributed by atoms with Crippen molar-refractivity contribution in [1.29, 1.82) is 5.26 Å². The Hall–Kier alpha value is -4.69. The van der Waals surface area contributed by atoms with Crippen molar-refractivity contribution in [2.75, 3.05) is 40.5 Å². The normalized spacial score (nSPS) is 16.9. The molecule has 37 heavy (non-hydrogen) atoms. The van der Waals surface area contributed by atoms with E-state index in [-0.39, 0.29) is 34.6 Å². The quantitative estimate of drug-likeness (QED) is 0.536. The molecule has 2 aliphatic rings. The van der Waals surface area contributed by atoms with Crippen molar-refractivity contribution in [3.8, 4) is 40.5 Å². The molecule has 0 unspecified atom stereocenters. The number of nitrogens with one attached hydrogen (secondary N) is 1. The summed E-state index contributed by atoms with van der Waals surface area (Å²) in [5.74, 6) is 0.195. The number of methoxy groups -OCH3 is 2. The molecule has 1 fully saturated rings. The molecule has 1 atom stereocenters. The van der Waals surface area contributed by atoms with E-state index in [1.54, 1.807) is 17.0 Å². The van der Waals surface area contributed by atoms with Crippen LogP contribution in [0.1, 0.15) is 17.0 Å². The molecule has 0 aliphatic carbocycles. The zero-order valence-corrected chi connectivity index (χ0v) is 20.3. The van der Waals surface area contributed by atoms with Crippen LogP contribution >= 0.6 is 0 Å². The van der Waals surface area contributed by atoms with Crippen molar-refractivity contribution in [3.63, 3.8) is 0 Å². The number of aromatic nitrogens is 2. The van der Waals surface area contributed by atoms with Gasteiger partial charge in [-0.25, -0.2) is 4.79 Å². The molecule has 5 rings (SSSR count). The predicted molar refractivity (Wildman–Crippen MR) is 131 cm³/mol. The van der Waals surface area contributed by atoms with Gasteiger partial charge >= 0.3 is 6.09 Å². The smallest absolute Gasteiger partial charge is 0.415 e. The average molecular weight is 504 g/mol. The minimum Gasteiger partial charge on any atom is -0.493 e. The lowest BCUT2D eigenvalue weighted by Crippen LogP contribution is -2.42. The van der Waals surface area contributed by atoms with Crippen LogP contribution in [0.4, 0.5) is 4.79 Å². The van der Waals surface area contributed by atoms with Gasteiger partial charge in [-0.1, -0.05) is 30.3 Å². The molecule has 3 N–H and O–H groups in total. The summed E-state index contributed by atoms with van der Waals surface area (Å²) in [4.78, 5) is 14.4. The van der Waals surface area contributed by atoms with Gasteiger partial charge in [0.1, 0.15) is 11.6 Å². The van der Waals surface area contributed by atoms with Crippen LogP contribution in [0.25, 0.3) is 11.3 Å². The molecule has 1 saturated heterocycles. The van der Waals surface area contributed by atoms with Crippen LogP contribution in [0.2, 0.25) is 0 Å². The van der Waals surface area contributed by atoms with Crippen LogP contribution in [0.15, 0.2) is 53.9 Å². The number of hydrogen-bond donors (Lipinski definition) is 2. The largest absolute Gasteiger partial charge is 0.493 e. The van der Waals surface area contributed by atoms with Crippen LogP contribution in [-0.2, 0) is 4.74 Å². The summed E-state index contributed by atoms with van der Waals surface area (Å²) in [5.41, 5.74) is 9.13. The number of fused-ring (bicyclic) bond motifs is 1. The molecule has 11 nitrogen and oxygen atoms in total. The fourth-order valence-corrected chi connectivity index (χ4v) is 4.47. The van der Waals surface area contributed by atoms with E-state index >= 15 is 0 Å². The summed E-state index contributed by atoms with van der Waals surface area (Å²) < 4.78 is 27.9. The first-order chi connectivity index (χ1) is 18.0. The minimum absolute atomic E-state index is 0.0492. The maximum absolute atomic E-state index is 12.8. The maximum atomic E-state index is 12.8. The first-order valence-corrected chi connectivity index (χ1v) is 11.6. The van der Waals surface area contributed by atoms with Crippen LogP contribution in [0.5, 0.6) is 23.1 Å². The molecule has 190 valence electrons. The summed E-state index contributed by atoms with van der Waals surface area (Å²) in [7, 11) is 2.92. The van der Waals surface area contributed by atoms with Gasteiger partial charge < -0.3 is 34.3 Å². The van der Waals surface area contributed by atoms with Gasteiger partial charge in [0, 0.05) is 13.1 Å². The van der Waals surface area contributed by atoms with Crippen LogP contribution in [-0.4, -0.2) is 61.7 Å². The summed E-state index contributed by atoms with van der Waals surface area (Å²) >= 11 is 0. The molecule has 3 heterocycles. The first kappa shape index (κ1) is 24.0. The van der Waals surface area contributed by atoms with Crippen molar-refractivity contribution in [2.45, 2.75) is 5.92 Å². The molecule has 0 spiro atoms. The zero-order valence-electron chi connectivity index (χ0n) is 20.3. The van der Waals surface area contributed by atoms with E-state index in [1.165, 1.54) is 14.2 Å². The van der Waals surface area contributed by atoms with E-state index < -0.39 is 12.0 Å². The number of nitrogens with zero attached hydrogens (tertiary/aromatic N) is 3. The summed E-state index contributed by atoms with van der Waals surface area (Å²) in [5, 5.41) is 17.4. The molecule has 0 radical (unpaired) electrons. The van der Waals surface area contributed by atoms with E-state index in [2.05, 4.69) is 16.3 Å². The highest BCUT2D eigenvalue weighted by molar-refractivity contribution is 5.75. The lowest BCUT2D eigenvalue weighted by molar-refractivity contribution is 0.0411. The third-order valence-electron chi connectivity index (χ3n) is 6.28. The number of rotatable bonds is 5. The predicted octanol–water partition coefficient (Wildman–Crippen LogP) is 3.14. The number of nitrogens with two attached hydrogens (primary N) is 1. The minimum atomic E-state index is -0.658. The summed E-state index contributed by atoms with van der Waals surface area (Å²) in [6, 6.07) is 15.1. The van der Waals surface area contributed by atoms with Gasteiger partial charge in [0.15, 0.2) is 11.5 Å². The third-order valence-corrected chi connectivity index (χ3v) is 6.28. The Morgan fingerprint density at radius 1 is 1.16 bits per heavy atom. The van der Waals surface area contributed by atoms with E-state index in [0.29, 0.717) is 43.1 Å². The Labute approximate surface area is 212 Å². The van der Waals surface area contributed by atoms with Gasteiger partial charge in [0.05, 0.1) is 44.6 Å². The number of allylic oxidation sites excluding steroid dienone is 1. The lowest BCUT2D eigenvalue weighted by Gasteiger charge is -2.27. The van der Waals surface area contributed by atoms with E-state index in [0.717, 1.165) is 5.56 Å². The maximum Gasteiger partial charge on any atom is 0.415 e. The molecule has 3 aromatic rings. The van der Waals surface area contributed by atoms with Crippen molar-refractivity contribution in [3.05, 3.63) is 65.0 Å². The van der Waals surface area contributed by atoms with Gasteiger partial charge in [0.25, 0.3) is 0 Å². The van der Waals surface area contributed by atoms with E-state index in [4.69, 9.17) is 29.4 Å². The van der Waals surface area contributed by atoms with Crippen molar-refractivity contribution >= 4 is 6.09 Å². The first-order valence-electron chi connectivity index (χ1n) is 11.6. The molecular weight excluding hydrogens is 478 g/mol. The van der Waals surface area contributed by atoms with E-state index in [1.807, 2.05) is 30.3 Å². The second-order valence-electron chi connectivity index (χ2n) is 8.33. The number of benzene rings is 2. The summed E-state index contributed by atoms with van der Waals surface area (Å²) in [6.07, 6.45) is -0.538. The van der Waals surface area contributed by atoms with Gasteiger partial charge in [-0.15, -0.1) is 5.10 Å². The van der Waals surface area contributed by atoms with E-state index in [9.17, 15) is 10.1 Å². The van der Waals surface area contributed by atoms with Gasteiger partial charge in [-0.2, -0.15) is 5.26 Å². The molecule has 2 aromatic carbocycles. The molecule has 1 amide bonds. The number of amides is 1. The number of carbonyl (C=O) groups excluding carboxylic acids is 1. The molecule has 0 bridgehead atoms. The Kier molecular flexibility index (Phi) is 6.57. The van der Waals surface area contributed by atoms with Gasteiger partial charge in [0.2, 0.25) is 17.5 Å². The van der Waals surface area contributed by atoms with Crippen LogP contribution < -0.4 is 24.7 Å². The number of carbonyl (C=O) groups is 1. The number of hydrogen-bond acceptors (Lipinski definition) is 9. The third kappa shape index (κ3) is 4.39. The highest BCUT2D eigenvalue weighted by Crippen LogP contribution is 2.49. The number of H-pyrrole nitrogens is 1. The monoisotopic (exact) mass is 503 g/mol. The average Bonchev–Trinajstić information content (AvgIpc) is 3.36. The van der Waals surface area contributed by atoms with Crippen LogP contribution in [0, 0.1) is 11.3 Å². The molecular formula is C26H25N5O6. The SMILES string of the molecule is COc1cc([C@@H]2C(C#N)=C(N)Oc3n[nH]c(-c4ccccc4)c32)cc(OC)c1OC(=O)N1CCOCC1. The molecule has 11 heteroatoms. The molecule has 1 aromatic heterocycles. The Morgan fingerprint density at radius 3 is 2.46 bits per heavy atom. The van der Waals surface area contributed by atoms with Crippen molar-refractivity contribution < 1.29 is 28.5 Å². The number of morpholine rings is 1. The second kappa shape index (κ2) is 10.1. The highest BCUT2D eigenvalue weighted by atomic mass is 16.6. The number of nitriles is 1. The van der Waals surface area contributed by atoms with Gasteiger partial charge in [-0.05, 0) is 23.3 Å².